The topological polar surface area (TPSA) is 38.3 Å². The van der Waals surface area contributed by atoms with Gasteiger partial charge >= 0.3 is 0 Å². The number of carbonyl (C=O) groups is 1. The lowest BCUT2D eigenvalue weighted by Crippen LogP contribution is -2.41. The molecule has 1 rings (SSSR count). The van der Waals surface area contributed by atoms with Crippen LogP contribution in [0.5, 0.6) is 0 Å². The number of hydrogen-bond acceptors (Lipinski definition) is 3. The molecule has 0 aliphatic carbocycles. The molecule has 0 saturated carbocycles. The van der Waals surface area contributed by atoms with Crippen molar-refractivity contribution in [2.24, 2.45) is 0 Å². The molecule has 0 spiro atoms. The van der Waals surface area contributed by atoms with Crippen LogP contribution in [0.3, 0.4) is 0 Å². The Morgan fingerprint density at radius 3 is 2.89 bits per heavy atom. The van der Waals surface area contributed by atoms with Gasteiger partial charge in [0.05, 0.1) is 6.61 Å². The smallest absolute Gasteiger partial charge is 0.251 e. The number of halogens is 1. The van der Waals surface area contributed by atoms with Crippen LogP contribution in [0.15, 0.2) is 0 Å². The van der Waals surface area contributed by atoms with Crippen LogP contribution in [-0.4, -0.2) is 31.0 Å². The Morgan fingerprint density at radius 1 is 1.78 bits per heavy atom. The minimum atomic E-state index is -0.430. The summed E-state index contributed by atoms with van der Waals surface area (Å²) in [6.45, 7) is 1.92. The van der Waals surface area contributed by atoms with Crippen molar-refractivity contribution in [2.75, 3.05) is 19.7 Å². The molecule has 0 amide bonds. The molecule has 1 heterocycles. The minimum absolute atomic E-state index is 0.415. The highest BCUT2D eigenvalue weighted by molar-refractivity contribution is 6.64. The second-order valence-electron chi connectivity index (χ2n) is 1.87. The van der Waals surface area contributed by atoms with E-state index in [0.717, 1.165) is 6.54 Å². The van der Waals surface area contributed by atoms with E-state index in [1.54, 1.807) is 0 Å². The number of nitrogens with one attached hydrogen (secondary N) is 1. The van der Waals surface area contributed by atoms with Crippen LogP contribution in [0.25, 0.3) is 0 Å². The molecule has 1 aliphatic heterocycles. The van der Waals surface area contributed by atoms with Gasteiger partial charge in [-0.1, -0.05) is 0 Å². The first kappa shape index (κ1) is 6.99. The number of rotatable bonds is 1. The molecule has 1 aliphatic rings. The summed E-state index contributed by atoms with van der Waals surface area (Å²) in [4.78, 5) is 10.4. The van der Waals surface area contributed by atoms with Crippen molar-refractivity contribution in [2.45, 2.75) is 6.10 Å². The fraction of sp³-hybridized carbons (Fsp3) is 0.800. The Hall–Kier alpha value is -0.120. The van der Waals surface area contributed by atoms with E-state index in [0.29, 0.717) is 13.2 Å². The van der Waals surface area contributed by atoms with E-state index >= 15 is 0 Å². The molecule has 0 aromatic heterocycles. The second kappa shape index (κ2) is 3.15. The first-order valence-corrected chi connectivity index (χ1v) is 3.20. The molecular weight excluding hydrogens is 142 g/mol. The van der Waals surface area contributed by atoms with Crippen molar-refractivity contribution < 1.29 is 9.53 Å². The highest BCUT2D eigenvalue weighted by Crippen LogP contribution is 1.99. The highest BCUT2D eigenvalue weighted by atomic mass is 35.5. The van der Waals surface area contributed by atoms with Crippen LogP contribution in [0.1, 0.15) is 0 Å². The van der Waals surface area contributed by atoms with Crippen molar-refractivity contribution in [3.05, 3.63) is 0 Å². The third-order valence-electron chi connectivity index (χ3n) is 1.18. The van der Waals surface area contributed by atoms with Crippen molar-refractivity contribution in [1.82, 2.24) is 5.32 Å². The van der Waals surface area contributed by atoms with Gasteiger partial charge in [-0.05, 0) is 11.6 Å². The van der Waals surface area contributed by atoms with Gasteiger partial charge < -0.3 is 10.1 Å². The summed E-state index contributed by atoms with van der Waals surface area (Å²) in [6, 6.07) is 0. The van der Waals surface area contributed by atoms with Crippen molar-refractivity contribution in [3.8, 4) is 0 Å². The Balaban J connectivity index is 2.31. The third-order valence-corrected chi connectivity index (χ3v) is 1.42. The molecular formula is C5H8ClNO2. The minimum Gasteiger partial charge on any atom is -0.366 e. The fourth-order valence-electron chi connectivity index (χ4n) is 0.711. The standard InChI is InChI=1S/C5H8ClNO2/c6-5(8)4-3-7-1-2-9-4/h4,7H,1-3H2. The first-order chi connectivity index (χ1) is 4.30. The number of morpholine rings is 1. The van der Waals surface area contributed by atoms with Crippen LogP contribution < -0.4 is 5.32 Å². The molecule has 0 bridgehead atoms. The Bertz CT molecular complexity index is 112. The fourth-order valence-corrected chi connectivity index (χ4v) is 0.851. The zero-order chi connectivity index (χ0) is 6.69. The average Bonchev–Trinajstić information content (AvgIpc) is 1.90. The van der Waals surface area contributed by atoms with Gasteiger partial charge in [-0.15, -0.1) is 0 Å². The number of carbonyl (C=O) groups excluding carboxylic acids is 1. The summed E-state index contributed by atoms with van der Waals surface area (Å²) in [6.07, 6.45) is -0.430. The van der Waals surface area contributed by atoms with Crippen molar-refractivity contribution in [1.29, 1.82) is 0 Å². The first-order valence-electron chi connectivity index (χ1n) is 2.82. The van der Waals surface area contributed by atoms with Gasteiger partial charge in [-0.2, -0.15) is 0 Å². The van der Waals surface area contributed by atoms with Crippen molar-refractivity contribution >= 4 is 16.8 Å². The van der Waals surface area contributed by atoms with E-state index in [1.165, 1.54) is 0 Å². The predicted octanol–water partition coefficient (Wildman–Crippen LogP) is -0.260. The molecule has 1 N–H and O–H groups in total. The quantitative estimate of drug-likeness (QED) is 0.522. The normalized spacial score (nSPS) is 27.9. The van der Waals surface area contributed by atoms with Gasteiger partial charge in [0, 0.05) is 13.1 Å². The van der Waals surface area contributed by atoms with E-state index in [2.05, 4.69) is 5.32 Å². The van der Waals surface area contributed by atoms with Crippen LogP contribution in [0, 0.1) is 0 Å². The van der Waals surface area contributed by atoms with Gasteiger partial charge in [-0.3, -0.25) is 4.79 Å². The number of hydrogen-bond donors (Lipinski definition) is 1. The van der Waals surface area contributed by atoms with Gasteiger partial charge in [0.2, 0.25) is 0 Å². The maximum absolute atomic E-state index is 10.4. The molecule has 1 saturated heterocycles. The van der Waals surface area contributed by atoms with Gasteiger partial charge in [0.1, 0.15) is 6.10 Å². The van der Waals surface area contributed by atoms with E-state index in [-0.39, 0.29) is 0 Å². The molecule has 9 heavy (non-hydrogen) atoms. The lowest BCUT2D eigenvalue weighted by atomic mass is 10.3. The molecule has 0 radical (unpaired) electrons. The summed E-state index contributed by atoms with van der Waals surface area (Å²) in [5.74, 6) is 0. The predicted molar refractivity (Wildman–Crippen MR) is 33.5 cm³/mol. The summed E-state index contributed by atoms with van der Waals surface area (Å²) >= 11 is 5.15. The molecule has 0 aromatic rings. The second-order valence-corrected chi connectivity index (χ2v) is 2.24. The molecule has 0 aromatic carbocycles. The third kappa shape index (κ3) is 1.93. The monoisotopic (exact) mass is 149 g/mol. The largest absolute Gasteiger partial charge is 0.366 e. The molecule has 1 fully saturated rings. The zero-order valence-corrected chi connectivity index (χ0v) is 5.65. The maximum atomic E-state index is 10.4. The number of ether oxygens (including phenoxy) is 1. The maximum Gasteiger partial charge on any atom is 0.251 e. The van der Waals surface area contributed by atoms with E-state index in [1.807, 2.05) is 0 Å². The van der Waals surface area contributed by atoms with E-state index < -0.39 is 11.3 Å². The lowest BCUT2D eigenvalue weighted by molar-refractivity contribution is -0.123. The highest BCUT2D eigenvalue weighted by Gasteiger charge is 2.18. The Labute approximate surface area is 58.3 Å². The SMILES string of the molecule is O=C(Cl)C1CNCCO1. The van der Waals surface area contributed by atoms with Gasteiger partial charge in [0.25, 0.3) is 5.24 Å². The zero-order valence-electron chi connectivity index (χ0n) is 4.89. The summed E-state index contributed by atoms with van der Waals surface area (Å²) in [7, 11) is 0. The molecule has 1 atom stereocenters. The molecule has 3 nitrogen and oxygen atoms in total. The lowest BCUT2D eigenvalue weighted by Gasteiger charge is -2.19. The Kier molecular flexibility index (Phi) is 2.45. The van der Waals surface area contributed by atoms with Crippen LogP contribution in [-0.2, 0) is 9.53 Å². The molecule has 4 heteroatoms. The van der Waals surface area contributed by atoms with E-state index in [9.17, 15) is 4.79 Å². The summed E-state index contributed by atoms with van der Waals surface area (Å²) < 4.78 is 5.00. The Morgan fingerprint density at radius 2 is 2.56 bits per heavy atom. The van der Waals surface area contributed by atoms with Gasteiger partial charge in [0.15, 0.2) is 0 Å². The summed E-state index contributed by atoms with van der Waals surface area (Å²) in [5, 5.41) is 2.57. The van der Waals surface area contributed by atoms with Crippen LogP contribution in [0.2, 0.25) is 0 Å². The van der Waals surface area contributed by atoms with Crippen LogP contribution in [0.4, 0.5) is 0 Å². The molecule has 1 unspecified atom stereocenters. The van der Waals surface area contributed by atoms with Crippen molar-refractivity contribution in [3.63, 3.8) is 0 Å². The average molecular weight is 150 g/mol. The van der Waals surface area contributed by atoms with Crippen LogP contribution >= 0.6 is 11.6 Å². The van der Waals surface area contributed by atoms with E-state index in [4.69, 9.17) is 16.3 Å². The summed E-state index contributed by atoms with van der Waals surface area (Å²) in [5.41, 5.74) is 0. The molecule has 52 valence electrons. The van der Waals surface area contributed by atoms with Gasteiger partial charge in [-0.25, -0.2) is 0 Å².